The number of nitrogens with one attached hydrogen (secondary N) is 1. The Labute approximate surface area is 168 Å². The molecule has 0 aliphatic heterocycles. The number of allylic oxidation sites excluding steroid dienone is 1. The molecule has 2 rings (SSSR count). The lowest BCUT2D eigenvalue weighted by molar-refractivity contribution is -0.133. The predicted molar refractivity (Wildman–Crippen MR) is 103 cm³/mol. The van der Waals surface area contributed by atoms with Gasteiger partial charge in [-0.25, -0.2) is 0 Å². The van der Waals surface area contributed by atoms with E-state index in [1.807, 2.05) is 6.92 Å². The van der Waals surface area contributed by atoms with Crippen molar-refractivity contribution in [3.05, 3.63) is 38.6 Å². The quantitative estimate of drug-likeness (QED) is 0.269. The van der Waals surface area contributed by atoms with E-state index in [1.165, 1.54) is 6.26 Å². The summed E-state index contributed by atoms with van der Waals surface area (Å²) in [6.45, 7) is 4.09. The van der Waals surface area contributed by atoms with E-state index in [2.05, 4.69) is 37.3 Å². The van der Waals surface area contributed by atoms with Crippen molar-refractivity contribution in [3.63, 3.8) is 0 Å². The number of hydroxylamine groups is 1. The third-order valence-electron chi connectivity index (χ3n) is 3.80. The van der Waals surface area contributed by atoms with Gasteiger partial charge in [0.1, 0.15) is 12.2 Å². The van der Waals surface area contributed by atoms with Crippen LogP contribution in [0.3, 0.4) is 0 Å². The summed E-state index contributed by atoms with van der Waals surface area (Å²) >= 11 is 6.73. The largest absolute Gasteiger partial charge is 0.461 e. The van der Waals surface area contributed by atoms with E-state index in [0.717, 1.165) is 0 Å². The van der Waals surface area contributed by atoms with Crippen molar-refractivity contribution in [2.75, 3.05) is 6.61 Å². The number of carbonyl (C=O) groups is 3. The Morgan fingerprint density at radius 2 is 1.92 bits per heavy atom. The lowest BCUT2D eigenvalue weighted by Crippen LogP contribution is -2.35. The summed E-state index contributed by atoms with van der Waals surface area (Å²) in [4.78, 5) is 42.0. The average molecular weight is 489 g/mol. The fourth-order valence-electron chi connectivity index (χ4n) is 2.54. The summed E-state index contributed by atoms with van der Waals surface area (Å²) in [5, 5.41) is 0. The highest BCUT2D eigenvalue weighted by Crippen LogP contribution is 2.38. The number of hydrogen-bond acceptors (Lipinski definition) is 6. The third kappa shape index (κ3) is 4.81. The van der Waals surface area contributed by atoms with Crippen LogP contribution in [-0.4, -0.2) is 24.0 Å². The first kappa shape index (κ1) is 20.8. The summed E-state index contributed by atoms with van der Waals surface area (Å²) in [6.07, 6.45) is 2.45. The number of carbonyl (C=O) groups excluding carboxylic acids is 3. The second-order valence-electron chi connectivity index (χ2n) is 5.78. The molecule has 8 heteroatoms. The smallest absolute Gasteiger partial charge is 0.182 e. The Morgan fingerprint density at radius 1 is 1.27 bits per heavy atom. The molecule has 1 aliphatic rings. The van der Waals surface area contributed by atoms with Crippen LogP contribution in [0.25, 0.3) is 0 Å². The van der Waals surface area contributed by atoms with Gasteiger partial charge in [0.25, 0.3) is 0 Å². The first-order valence-corrected chi connectivity index (χ1v) is 9.74. The van der Waals surface area contributed by atoms with E-state index < -0.39 is 11.7 Å². The Balaban J connectivity index is 2.29. The van der Waals surface area contributed by atoms with Gasteiger partial charge in [-0.1, -0.05) is 0 Å². The topological polar surface area (TPSA) is 81.7 Å². The van der Waals surface area contributed by atoms with Crippen molar-refractivity contribution < 1.29 is 24.0 Å². The van der Waals surface area contributed by atoms with Gasteiger partial charge in [-0.15, -0.1) is 0 Å². The zero-order valence-electron chi connectivity index (χ0n) is 14.4. The van der Waals surface area contributed by atoms with Crippen LogP contribution in [-0.2, 0) is 14.4 Å². The van der Waals surface area contributed by atoms with Crippen molar-refractivity contribution in [2.24, 2.45) is 5.92 Å². The Kier molecular flexibility index (Phi) is 7.55. The van der Waals surface area contributed by atoms with Crippen LogP contribution in [0.4, 0.5) is 0 Å². The van der Waals surface area contributed by atoms with Gasteiger partial charge < -0.3 is 4.74 Å². The van der Waals surface area contributed by atoms with Crippen molar-refractivity contribution in [1.29, 1.82) is 0 Å². The minimum absolute atomic E-state index is 0.237. The van der Waals surface area contributed by atoms with Gasteiger partial charge in [-0.3, -0.25) is 24.7 Å². The van der Waals surface area contributed by atoms with Gasteiger partial charge in [0.05, 0.1) is 21.2 Å². The maximum absolute atomic E-state index is 12.8. The van der Waals surface area contributed by atoms with Gasteiger partial charge in [-0.2, -0.15) is 0 Å². The maximum atomic E-state index is 12.8. The van der Waals surface area contributed by atoms with Gasteiger partial charge in [0.15, 0.2) is 23.1 Å². The minimum Gasteiger partial charge on any atom is -0.461 e. The minimum atomic E-state index is -1.22. The zero-order chi connectivity index (χ0) is 19.3. The number of hydrogen-bond donors (Lipinski definition) is 1. The molecule has 1 N–H and O–H groups in total. The Hall–Kier alpha value is -1.51. The van der Waals surface area contributed by atoms with E-state index in [0.29, 0.717) is 33.4 Å². The second-order valence-corrected chi connectivity index (χ2v) is 7.42. The average Bonchev–Trinajstić information content (AvgIpc) is 2.59. The van der Waals surface area contributed by atoms with Crippen LogP contribution in [0.5, 0.6) is 5.75 Å². The molecule has 0 saturated heterocycles. The summed E-state index contributed by atoms with van der Waals surface area (Å²) in [7, 11) is 0. The molecule has 1 aliphatic carbocycles. The molecule has 1 aromatic rings. The number of Topliss-reactive ketones (excluding diaryl/α,β-unsaturated/α-hetero) is 3. The molecule has 0 heterocycles. The van der Waals surface area contributed by atoms with Gasteiger partial charge in [-0.05, 0) is 64.3 Å². The predicted octanol–water partition coefficient (Wildman–Crippen LogP) is 4.11. The molecule has 0 atom stereocenters. The molecule has 0 spiro atoms. The third-order valence-corrected chi connectivity index (χ3v) is 5.21. The van der Waals surface area contributed by atoms with E-state index >= 15 is 0 Å². The lowest BCUT2D eigenvalue weighted by Gasteiger charge is -2.19. The summed E-state index contributed by atoms with van der Waals surface area (Å²) in [6, 6.07) is 3.21. The van der Waals surface area contributed by atoms with E-state index in [1.54, 1.807) is 19.1 Å². The summed E-state index contributed by atoms with van der Waals surface area (Å²) in [5.41, 5.74) is 3.55. The molecule has 1 aromatic carbocycles. The Morgan fingerprint density at radius 3 is 2.54 bits per heavy atom. The number of halogens is 2. The molecule has 0 unspecified atom stereocenters. The van der Waals surface area contributed by atoms with Crippen LogP contribution >= 0.6 is 31.9 Å². The summed E-state index contributed by atoms with van der Waals surface area (Å²) < 4.78 is 6.63. The van der Waals surface area contributed by atoms with Gasteiger partial charge in [0.2, 0.25) is 0 Å². The number of ether oxygens (including phenoxy) is 1. The number of benzene rings is 1. The van der Waals surface area contributed by atoms with Gasteiger partial charge >= 0.3 is 0 Å². The molecular formula is C18H19Br2NO5. The monoisotopic (exact) mass is 487 g/mol. The fraction of sp³-hybridized carbons (Fsp3) is 0.389. The molecule has 0 bridgehead atoms. The fourth-order valence-corrected chi connectivity index (χ4v) is 3.87. The highest BCUT2D eigenvalue weighted by Gasteiger charge is 2.37. The van der Waals surface area contributed by atoms with Crippen molar-refractivity contribution in [2.45, 2.75) is 33.1 Å². The number of rotatable bonds is 7. The molecule has 6 nitrogen and oxygen atoms in total. The lowest BCUT2D eigenvalue weighted by atomic mass is 9.81. The zero-order valence-corrected chi connectivity index (χ0v) is 17.6. The van der Waals surface area contributed by atoms with Gasteiger partial charge in [0, 0.05) is 18.4 Å². The van der Waals surface area contributed by atoms with E-state index in [-0.39, 0.29) is 30.0 Å². The van der Waals surface area contributed by atoms with Crippen molar-refractivity contribution >= 4 is 49.2 Å². The molecule has 26 heavy (non-hydrogen) atoms. The normalized spacial score (nSPS) is 15.9. The molecule has 1 saturated carbocycles. The first-order valence-electron chi connectivity index (χ1n) is 8.15. The molecule has 0 radical (unpaired) electrons. The second kappa shape index (κ2) is 9.43. The molecule has 0 amide bonds. The summed E-state index contributed by atoms with van der Waals surface area (Å²) in [5.74, 6) is -1.99. The first-order chi connectivity index (χ1) is 12.4. The van der Waals surface area contributed by atoms with Crippen molar-refractivity contribution in [3.8, 4) is 5.75 Å². The van der Waals surface area contributed by atoms with Crippen LogP contribution in [0.1, 0.15) is 43.5 Å². The molecule has 0 aromatic heterocycles. The van der Waals surface area contributed by atoms with Crippen LogP contribution in [0.15, 0.2) is 33.0 Å². The van der Waals surface area contributed by atoms with E-state index in [4.69, 9.17) is 9.57 Å². The SMILES string of the molecule is CCONC(C)=COc1c(Br)ccc(C(=O)C2C(=O)CCCC2=O)c1Br. The molecule has 140 valence electrons. The highest BCUT2D eigenvalue weighted by atomic mass is 79.9. The Bertz CT molecular complexity index is 744. The highest BCUT2D eigenvalue weighted by molar-refractivity contribution is 9.11. The van der Waals surface area contributed by atoms with Crippen LogP contribution in [0.2, 0.25) is 0 Å². The van der Waals surface area contributed by atoms with E-state index in [9.17, 15) is 14.4 Å². The van der Waals surface area contributed by atoms with Crippen LogP contribution < -0.4 is 10.2 Å². The standard InChI is InChI=1S/C18H19Br2NO5/c1-3-26-21-10(2)9-25-18-12(19)8-7-11(16(18)20)17(24)15-13(22)5-4-6-14(15)23/h7-9,15,21H,3-6H2,1-2H3. The number of ketones is 3. The molecular weight excluding hydrogens is 470 g/mol. The van der Waals surface area contributed by atoms with Crippen LogP contribution in [0, 0.1) is 5.92 Å². The van der Waals surface area contributed by atoms with Crippen molar-refractivity contribution in [1.82, 2.24) is 5.48 Å². The maximum Gasteiger partial charge on any atom is 0.182 e. The molecule has 1 fully saturated rings.